The molecule has 0 saturated heterocycles. The highest BCUT2D eigenvalue weighted by molar-refractivity contribution is 5.20. The van der Waals surface area contributed by atoms with Crippen molar-refractivity contribution >= 4 is 0 Å². The Morgan fingerprint density at radius 2 is 2.32 bits per heavy atom. The van der Waals surface area contributed by atoms with E-state index in [9.17, 15) is 4.79 Å². The van der Waals surface area contributed by atoms with Gasteiger partial charge in [0.2, 0.25) is 0 Å². The minimum Gasteiger partial charge on any atom is -0.382 e. The van der Waals surface area contributed by atoms with E-state index in [1.165, 1.54) is 0 Å². The van der Waals surface area contributed by atoms with Gasteiger partial charge in [-0.1, -0.05) is 0 Å². The Balaban J connectivity index is 1.85. The van der Waals surface area contributed by atoms with Crippen LogP contribution in [0.3, 0.4) is 0 Å². The van der Waals surface area contributed by atoms with Crippen LogP contribution in [0.5, 0.6) is 0 Å². The predicted molar refractivity (Wildman–Crippen MR) is 71.2 cm³/mol. The Bertz CT molecular complexity index is 459. The third-order valence-corrected chi connectivity index (χ3v) is 3.11. The molecule has 0 radical (unpaired) electrons. The van der Waals surface area contributed by atoms with Crippen molar-refractivity contribution in [1.29, 1.82) is 0 Å². The topological polar surface area (TPSA) is 65.4 Å². The van der Waals surface area contributed by atoms with Crippen molar-refractivity contribution < 1.29 is 9.47 Å². The van der Waals surface area contributed by atoms with Crippen LogP contribution >= 0.6 is 0 Å². The van der Waals surface area contributed by atoms with Gasteiger partial charge in [-0.25, -0.2) is 4.68 Å². The molecule has 0 aliphatic carbocycles. The quantitative estimate of drug-likeness (QED) is 0.701. The summed E-state index contributed by atoms with van der Waals surface area (Å²) in [6.45, 7) is 4.10. The number of aryl methyl sites for hydroxylation is 1. The Kier molecular flexibility index (Phi) is 5.50. The maximum Gasteiger partial charge on any atom is 0.267 e. The highest BCUT2D eigenvalue weighted by atomic mass is 16.5. The van der Waals surface area contributed by atoms with Crippen molar-refractivity contribution in [2.24, 2.45) is 0 Å². The normalized spacial score (nSPS) is 14.4. The maximum atomic E-state index is 11.9. The maximum absolute atomic E-state index is 11.9. The lowest BCUT2D eigenvalue weighted by Crippen LogP contribution is -2.31. The summed E-state index contributed by atoms with van der Waals surface area (Å²) in [5.74, 6) is 0. The van der Waals surface area contributed by atoms with E-state index in [1.807, 2.05) is 0 Å². The van der Waals surface area contributed by atoms with E-state index in [-0.39, 0.29) is 5.56 Å². The van der Waals surface area contributed by atoms with E-state index in [4.69, 9.17) is 9.47 Å². The number of nitrogens with zero attached hydrogens (tertiary/aromatic N) is 2. The summed E-state index contributed by atoms with van der Waals surface area (Å²) in [6.07, 6.45) is 1.67. The van der Waals surface area contributed by atoms with Gasteiger partial charge >= 0.3 is 0 Å². The summed E-state index contributed by atoms with van der Waals surface area (Å²) in [6, 6.07) is 1.69. The van der Waals surface area contributed by atoms with Gasteiger partial charge in [0.25, 0.3) is 5.56 Å². The summed E-state index contributed by atoms with van der Waals surface area (Å²) in [7, 11) is 1.65. The third kappa shape index (κ3) is 4.12. The number of nitrogens with one attached hydrogen (secondary N) is 1. The third-order valence-electron chi connectivity index (χ3n) is 3.11. The smallest absolute Gasteiger partial charge is 0.267 e. The SMILES string of the molecule is COCCOCCCn1nc2c(cc1=O)CNCC2. The van der Waals surface area contributed by atoms with Crippen LogP contribution in [0.1, 0.15) is 17.7 Å². The van der Waals surface area contributed by atoms with E-state index in [0.717, 1.165) is 37.2 Å². The molecule has 0 atom stereocenters. The van der Waals surface area contributed by atoms with Crippen LogP contribution in [0.25, 0.3) is 0 Å². The minimum absolute atomic E-state index is 0.0284. The molecule has 2 rings (SSSR count). The standard InChI is InChI=1S/C13H21N3O3/c1-18-7-8-19-6-2-5-16-13(17)9-11-10-14-4-3-12(11)15-16/h9,14H,2-8,10H2,1H3. The average molecular weight is 267 g/mol. The molecule has 1 aromatic rings. The fourth-order valence-corrected chi connectivity index (χ4v) is 2.08. The fourth-order valence-electron chi connectivity index (χ4n) is 2.08. The first-order chi connectivity index (χ1) is 9.31. The summed E-state index contributed by atoms with van der Waals surface area (Å²) in [5, 5.41) is 7.67. The van der Waals surface area contributed by atoms with Crippen LogP contribution in [0.15, 0.2) is 10.9 Å². The van der Waals surface area contributed by atoms with Crippen molar-refractivity contribution in [3.63, 3.8) is 0 Å². The van der Waals surface area contributed by atoms with Gasteiger partial charge in [0.05, 0.1) is 18.9 Å². The van der Waals surface area contributed by atoms with Gasteiger partial charge in [0, 0.05) is 45.8 Å². The highest BCUT2D eigenvalue weighted by Crippen LogP contribution is 2.07. The molecule has 19 heavy (non-hydrogen) atoms. The molecule has 0 amide bonds. The molecule has 6 nitrogen and oxygen atoms in total. The van der Waals surface area contributed by atoms with Crippen LogP contribution < -0.4 is 10.9 Å². The molecule has 1 N–H and O–H groups in total. The largest absolute Gasteiger partial charge is 0.382 e. The molecular weight excluding hydrogens is 246 g/mol. The molecule has 0 fully saturated rings. The van der Waals surface area contributed by atoms with E-state index in [2.05, 4.69) is 10.4 Å². The van der Waals surface area contributed by atoms with E-state index >= 15 is 0 Å². The lowest BCUT2D eigenvalue weighted by Gasteiger charge is -2.17. The molecule has 1 aliphatic rings. The second-order valence-corrected chi connectivity index (χ2v) is 4.56. The number of ether oxygens (including phenoxy) is 2. The van der Waals surface area contributed by atoms with Gasteiger partial charge in [-0.05, 0) is 12.0 Å². The number of fused-ring (bicyclic) bond motifs is 1. The van der Waals surface area contributed by atoms with E-state index in [1.54, 1.807) is 17.9 Å². The van der Waals surface area contributed by atoms with E-state index < -0.39 is 0 Å². The summed E-state index contributed by atoms with van der Waals surface area (Å²) >= 11 is 0. The van der Waals surface area contributed by atoms with Gasteiger partial charge in [0.15, 0.2) is 0 Å². The summed E-state index contributed by atoms with van der Waals surface area (Å²) < 4.78 is 11.8. The van der Waals surface area contributed by atoms with Crippen molar-refractivity contribution in [3.8, 4) is 0 Å². The number of hydrogen-bond acceptors (Lipinski definition) is 5. The van der Waals surface area contributed by atoms with Gasteiger partial charge in [-0.3, -0.25) is 4.79 Å². The van der Waals surface area contributed by atoms with Crippen LogP contribution in [0.4, 0.5) is 0 Å². The van der Waals surface area contributed by atoms with Crippen molar-refractivity contribution in [2.45, 2.75) is 25.9 Å². The Hall–Kier alpha value is -1.24. The average Bonchev–Trinajstić information content (AvgIpc) is 2.43. The number of methoxy groups -OCH3 is 1. The molecule has 0 saturated carbocycles. The second-order valence-electron chi connectivity index (χ2n) is 4.56. The molecule has 0 aromatic carbocycles. The molecule has 6 heteroatoms. The molecule has 1 aromatic heterocycles. The fraction of sp³-hybridized carbons (Fsp3) is 0.692. The first-order valence-corrected chi connectivity index (χ1v) is 6.68. The van der Waals surface area contributed by atoms with Crippen LogP contribution in [-0.4, -0.2) is 43.3 Å². The molecule has 0 unspecified atom stereocenters. The van der Waals surface area contributed by atoms with Crippen LogP contribution in [-0.2, 0) is 29.0 Å². The number of hydrogen-bond donors (Lipinski definition) is 1. The molecule has 0 bridgehead atoms. The summed E-state index contributed by atoms with van der Waals surface area (Å²) in [4.78, 5) is 11.9. The Morgan fingerprint density at radius 1 is 1.42 bits per heavy atom. The van der Waals surface area contributed by atoms with Gasteiger partial charge in [0.1, 0.15) is 0 Å². The predicted octanol–water partition coefficient (Wildman–Crippen LogP) is -0.0579. The molecule has 106 valence electrons. The zero-order valence-electron chi connectivity index (χ0n) is 11.4. The molecule has 1 aliphatic heterocycles. The first-order valence-electron chi connectivity index (χ1n) is 6.68. The van der Waals surface area contributed by atoms with Crippen LogP contribution in [0.2, 0.25) is 0 Å². The first kappa shape index (κ1) is 14.2. The minimum atomic E-state index is -0.0284. The van der Waals surface area contributed by atoms with Gasteiger partial charge in [-0.15, -0.1) is 0 Å². The molecular formula is C13H21N3O3. The van der Waals surface area contributed by atoms with Crippen molar-refractivity contribution in [1.82, 2.24) is 15.1 Å². The van der Waals surface area contributed by atoms with Crippen LogP contribution in [0, 0.1) is 0 Å². The zero-order valence-corrected chi connectivity index (χ0v) is 11.4. The lowest BCUT2D eigenvalue weighted by atomic mass is 10.1. The van der Waals surface area contributed by atoms with E-state index in [0.29, 0.717) is 26.4 Å². The number of aromatic nitrogens is 2. The van der Waals surface area contributed by atoms with Crippen molar-refractivity contribution in [2.75, 3.05) is 33.5 Å². The summed E-state index contributed by atoms with van der Waals surface area (Å²) in [5.41, 5.74) is 2.04. The Labute approximate surface area is 112 Å². The molecule has 0 spiro atoms. The van der Waals surface area contributed by atoms with Gasteiger partial charge in [-0.2, -0.15) is 5.10 Å². The zero-order chi connectivity index (χ0) is 13.5. The monoisotopic (exact) mass is 267 g/mol. The second kappa shape index (κ2) is 7.37. The molecule has 2 heterocycles. The van der Waals surface area contributed by atoms with Crippen molar-refractivity contribution in [3.05, 3.63) is 27.7 Å². The lowest BCUT2D eigenvalue weighted by molar-refractivity contribution is 0.0675. The van der Waals surface area contributed by atoms with Gasteiger partial charge < -0.3 is 14.8 Å². The number of rotatable bonds is 7. The highest BCUT2D eigenvalue weighted by Gasteiger charge is 2.12. The Morgan fingerprint density at radius 3 is 3.16 bits per heavy atom.